The van der Waals surface area contributed by atoms with E-state index in [0.717, 1.165) is 17.6 Å². The largest absolute Gasteiger partial charge is 0.356 e. The fourth-order valence-corrected chi connectivity index (χ4v) is 3.45. The molecule has 0 aliphatic rings. The molecule has 2 N–H and O–H groups in total. The van der Waals surface area contributed by atoms with Gasteiger partial charge in [-0.2, -0.15) is 0 Å². The average Bonchev–Trinajstić information content (AvgIpc) is 2.63. The molecule has 0 saturated heterocycles. The Labute approximate surface area is 156 Å². The molecule has 0 bridgehead atoms. The average molecular weight is 383 g/mol. The van der Waals surface area contributed by atoms with Gasteiger partial charge in [-0.15, -0.1) is 0 Å². The van der Waals surface area contributed by atoms with Gasteiger partial charge in [-0.05, 0) is 48.5 Å². The molecule has 0 aromatic heterocycles. The van der Waals surface area contributed by atoms with Crippen molar-refractivity contribution in [2.75, 3.05) is 16.9 Å². The summed E-state index contributed by atoms with van der Waals surface area (Å²) in [5, 5.41) is 17.6. The summed E-state index contributed by atoms with van der Waals surface area (Å²) < 4.78 is 23.7. The third-order valence-corrected chi connectivity index (χ3v) is 4.94. The molecule has 8 heteroatoms. The Bertz CT molecular complexity index is 1070. The fraction of sp³-hybridized carbons (Fsp3) is 0.0526. The van der Waals surface area contributed by atoms with Crippen molar-refractivity contribution in [3.8, 4) is 0 Å². The zero-order valence-electron chi connectivity index (χ0n) is 14.4. The maximum Gasteiger partial charge on any atom is 0.311 e. The van der Waals surface area contributed by atoms with Crippen LogP contribution in [0, 0.1) is 10.1 Å². The van der Waals surface area contributed by atoms with Crippen molar-refractivity contribution in [2.24, 2.45) is 0 Å². The van der Waals surface area contributed by atoms with Crippen LogP contribution in [0.1, 0.15) is 0 Å². The predicted molar refractivity (Wildman–Crippen MR) is 106 cm³/mol. The van der Waals surface area contributed by atoms with E-state index in [4.69, 9.17) is 0 Å². The van der Waals surface area contributed by atoms with E-state index in [1.165, 1.54) is 18.2 Å². The molecule has 0 aliphatic carbocycles. The second-order valence-corrected chi connectivity index (χ2v) is 7.86. The van der Waals surface area contributed by atoms with Crippen LogP contribution in [0.15, 0.2) is 77.7 Å². The fourth-order valence-electron chi connectivity index (χ4n) is 2.59. The van der Waals surface area contributed by atoms with Crippen molar-refractivity contribution >= 4 is 38.3 Å². The van der Waals surface area contributed by atoms with Gasteiger partial charge in [0.25, 0.3) is 0 Å². The third-order valence-electron chi connectivity index (χ3n) is 3.81. The van der Waals surface area contributed by atoms with Crippen LogP contribution < -0.4 is 10.6 Å². The quantitative estimate of drug-likeness (QED) is 0.480. The minimum absolute atomic E-state index is 0.117. The van der Waals surface area contributed by atoms with Gasteiger partial charge in [-0.1, -0.05) is 24.3 Å². The van der Waals surface area contributed by atoms with Crippen LogP contribution in [0.3, 0.4) is 0 Å². The lowest BCUT2D eigenvalue weighted by Crippen LogP contribution is -2.05. The third kappa shape index (κ3) is 4.42. The van der Waals surface area contributed by atoms with Gasteiger partial charge in [-0.3, -0.25) is 10.1 Å². The molecule has 0 heterocycles. The summed E-state index contributed by atoms with van der Waals surface area (Å²) in [5.41, 5.74) is 2.04. The predicted octanol–water partition coefficient (Wildman–Crippen LogP) is 4.49. The number of nitrogens with one attached hydrogen (secondary N) is 2. The van der Waals surface area contributed by atoms with E-state index in [2.05, 4.69) is 10.6 Å². The van der Waals surface area contributed by atoms with Crippen molar-refractivity contribution in [1.29, 1.82) is 0 Å². The van der Waals surface area contributed by atoms with Gasteiger partial charge in [0, 0.05) is 23.3 Å². The van der Waals surface area contributed by atoms with Crippen LogP contribution in [-0.2, 0) is 9.84 Å². The lowest BCUT2D eigenvalue weighted by atomic mass is 10.2. The summed E-state index contributed by atoms with van der Waals surface area (Å²) in [7, 11) is -3.73. The number of para-hydroxylation sites is 2. The highest BCUT2D eigenvalue weighted by Gasteiger charge is 2.26. The van der Waals surface area contributed by atoms with Gasteiger partial charge in [0.1, 0.15) is 10.6 Å². The molecule has 0 fully saturated rings. The zero-order chi connectivity index (χ0) is 19.4. The van der Waals surface area contributed by atoms with Gasteiger partial charge in [0.15, 0.2) is 9.84 Å². The van der Waals surface area contributed by atoms with Gasteiger partial charge >= 0.3 is 5.69 Å². The number of hydrogen-bond acceptors (Lipinski definition) is 6. The first-order valence-electron chi connectivity index (χ1n) is 8.01. The highest BCUT2D eigenvalue weighted by molar-refractivity contribution is 7.90. The monoisotopic (exact) mass is 383 g/mol. The van der Waals surface area contributed by atoms with Gasteiger partial charge in [0.05, 0.1) is 4.92 Å². The summed E-state index contributed by atoms with van der Waals surface area (Å²) in [6, 6.07) is 21.0. The van der Waals surface area contributed by atoms with E-state index in [1.54, 1.807) is 12.1 Å². The molecule has 3 aromatic rings. The first kappa shape index (κ1) is 18.4. The van der Waals surface area contributed by atoms with E-state index in [1.807, 2.05) is 42.5 Å². The highest BCUT2D eigenvalue weighted by atomic mass is 32.2. The van der Waals surface area contributed by atoms with E-state index in [9.17, 15) is 18.5 Å². The summed E-state index contributed by atoms with van der Waals surface area (Å²) in [6.07, 6.45) is 0.948. The minimum atomic E-state index is -3.73. The number of rotatable bonds is 6. The lowest BCUT2D eigenvalue weighted by molar-refractivity contribution is -0.386. The van der Waals surface area contributed by atoms with Crippen molar-refractivity contribution < 1.29 is 13.3 Å². The Morgan fingerprint density at radius 3 is 1.89 bits per heavy atom. The number of nitro benzene ring substituents is 1. The molecule has 0 unspecified atom stereocenters. The minimum Gasteiger partial charge on any atom is -0.356 e. The van der Waals surface area contributed by atoms with Gasteiger partial charge in [-0.25, -0.2) is 8.42 Å². The van der Waals surface area contributed by atoms with Crippen LogP contribution in [0.5, 0.6) is 0 Å². The number of nitrogens with zero attached hydrogens (tertiary/aromatic N) is 1. The normalized spacial score (nSPS) is 11.0. The molecule has 0 atom stereocenters. The number of sulfone groups is 1. The van der Waals surface area contributed by atoms with Gasteiger partial charge < -0.3 is 10.6 Å². The SMILES string of the molecule is CS(=O)(=O)c1cccc(Nc2ccc(Nc3ccccc3)cc2)c1[N+](=O)[O-]. The molecule has 0 spiro atoms. The Morgan fingerprint density at radius 2 is 1.33 bits per heavy atom. The smallest absolute Gasteiger partial charge is 0.311 e. The van der Waals surface area contributed by atoms with E-state index < -0.39 is 20.4 Å². The molecule has 138 valence electrons. The number of hydrogen-bond donors (Lipinski definition) is 2. The molecule has 0 aliphatic heterocycles. The number of nitro groups is 1. The van der Waals surface area contributed by atoms with E-state index in [-0.39, 0.29) is 10.6 Å². The second-order valence-electron chi connectivity index (χ2n) is 5.87. The maximum atomic E-state index is 11.8. The van der Waals surface area contributed by atoms with Crippen LogP contribution >= 0.6 is 0 Å². The number of benzene rings is 3. The first-order chi connectivity index (χ1) is 12.8. The Balaban J connectivity index is 1.86. The highest BCUT2D eigenvalue weighted by Crippen LogP contribution is 2.34. The van der Waals surface area contributed by atoms with Crippen LogP contribution in [0.4, 0.5) is 28.4 Å². The van der Waals surface area contributed by atoms with Gasteiger partial charge in [0.2, 0.25) is 0 Å². The standard InChI is InChI=1S/C19H17N3O4S/c1-27(25,26)18-9-5-8-17(19(18)22(23)24)21-16-12-10-15(11-13-16)20-14-6-3-2-4-7-14/h2-13,20-21H,1H3. The Kier molecular flexibility index (Phi) is 5.09. The molecule has 27 heavy (non-hydrogen) atoms. The summed E-state index contributed by atoms with van der Waals surface area (Å²) >= 11 is 0. The Morgan fingerprint density at radius 1 is 0.778 bits per heavy atom. The lowest BCUT2D eigenvalue weighted by Gasteiger charge is -2.11. The van der Waals surface area contributed by atoms with Crippen LogP contribution in [0.2, 0.25) is 0 Å². The van der Waals surface area contributed by atoms with Crippen molar-refractivity contribution in [3.63, 3.8) is 0 Å². The molecule has 0 radical (unpaired) electrons. The summed E-state index contributed by atoms with van der Waals surface area (Å²) in [6.45, 7) is 0. The van der Waals surface area contributed by atoms with E-state index in [0.29, 0.717) is 5.69 Å². The molecular formula is C19H17N3O4S. The van der Waals surface area contributed by atoms with Crippen LogP contribution in [-0.4, -0.2) is 19.6 Å². The molecule has 0 saturated carbocycles. The molecule has 3 rings (SSSR count). The van der Waals surface area contributed by atoms with E-state index >= 15 is 0 Å². The second kappa shape index (κ2) is 7.46. The molecule has 3 aromatic carbocycles. The number of anilines is 4. The molecule has 7 nitrogen and oxygen atoms in total. The van der Waals surface area contributed by atoms with Crippen molar-refractivity contribution in [1.82, 2.24) is 0 Å². The van der Waals surface area contributed by atoms with Crippen molar-refractivity contribution in [2.45, 2.75) is 4.90 Å². The van der Waals surface area contributed by atoms with Crippen LogP contribution in [0.25, 0.3) is 0 Å². The molecule has 0 amide bonds. The summed E-state index contributed by atoms with van der Waals surface area (Å²) in [4.78, 5) is 10.4. The Hall–Kier alpha value is -3.39. The first-order valence-corrected chi connectivity index (χ1v) is 9.90. The molecular weight excluding hydrogens is 366 g/mol. The zero-order valence-corrected chi connectivity index (χ0v) is 15.2. The topological polar surface area (TPSA) is 101 Å². The maximum absolute atomic E-state index is 11.8. The van der Waals surface area contributed by atoms with Crippen molar-refractivity contribution in [3.05, 3.63) is 82.9 Å². The summed E-state index contributed by atoms with van der Waals surface area (Å²) in [5.74, 6) is 0.